The van der Waals surface area contributed by atoms with Crippen molar-refractivity contribution in [1.82, 2.24) is 0 Å². The highest BCUT2D eigenvalue weighted by Crippen LogP contribution is 2.52. The first-order valence-electron chi connectivity index (χ1n) is 15.8. The number of hydrogen-bond acceptors (Lipinski definition) is 9. The molecule has 1 fully saturated rings. The molecule has 0 bridgehead atoms. The van der Waals surface area contributed by atoms with Crippen molar-refractivity contribution in [1.29, 1.82) is 0 Å². The highest BCUT2D eigenvalue weighted by molar-refractivity contribution is 7.48. The van der Waals surface area contributed by atoms with Crippen LogP contribution in [0, 0.1) is 0 Å². The van der Waals surface area contributed by atoms with Gasteiger partial charge in [0.15, 0.2) is 6.29 Å². The number of phosphoric ester groups is 1. The summed E-state index contributed by atoms with van der Waals surface area (Å²) in [6.07, 6.45) is -2.15. The molecule has 5 atom stereocenters. The molecule has 0 radical (unpaired) electrons. The molecule has 3 aromatic rings. The van der Waals surface area contributed by atoms with Gasteiger partial charge in [-0.3, -0.25) is 13.6 Å². The summed E-state index contributed by atoms with van der Waals surface area (Å²) in [5, 5.41) is 11.7. The third-order valence-corrected chi connectivity index (χ3v) is 8.77. The van der Waals surface area contributed by atoms with Crippen LogP contribution >= 0.6 is 7.82 Å². The Bertz CT molecular complexity index is 1230. The van der Waals surface area contributed by atoms with Crippen LogP contribution in [0.4, 0.5) is 0 Å². The van der Waals surface area contributed by atoms with Gasteiger partial charge in [0.2, 0.25) is 0 Å². The maximum absolute atomic E-state index is 13.8. The number of aliphatic hydroxyl groups excluding tert-OH is 1. The van der Waals surface area contributed by atoms with Gasteiger partial charge < -0.3 is 24.1 Å². The first-order chi connectivity index (χ1) is 22.0. The Kier molecular flexibility index (Phi) is 15.2. The molecule has 9 nitrogen and oxygen atoms in total. The van der Waals surface area contributed by atoms with Crippen molar-refractivity contribution in [2.45, 2.75) is 90.1 Å². The normalized spacial score (nSPS) is 22.0. The van der Waals surface area contributed by atoms with Gasteiger partial charge in [0.1, 0.15) is 24.4 Å². The largest absolute Gasteiger partial charge is 0.477 e. The van der Waals surface area contributed by atoms with Crippen LogP contribution < -0.4 is 0 Å². The molecule has 1 heterocycles. The zero-order chi connectivity index (χ0) is 31.7. The predicted molar refractivity (Wildman–Crippen MR) is 171 cm³/mol. The van der Waals surface area contributed by atoms with Crippen molar-refractivity contribution in [2.75, 3.05) is 19.8 Å². The smallest absolute Gasteiger partial charge is 0.385 e. The lowest BCUT2D eigenvalue weighted by Crippen LogP contribution is -2.60. The van der Waals surface area contributed by atoms with E-state index in [1.165, 1.54) is 0 Å². The molecule has 0 aromatic heterocycles. The SMILES string of the molecule is CCCCOP(=O)(OCCCC)O[C@@H]1O[C@H](COCc2ccccc2)[C@@H](OCc2ccccc2)[C@H](OCc2ccccc2)[C@H]1O. The van der Waals surface area contributed by atoms with Gasteiger partial charge in [0, 0.05) is 0 Å². The monoisotopic (exact) mass is 642 g/mol. The van der Waals surface area contributed by atoms with Crippen molar-refractivity contribution in [3.63, 3.8) is 0 Å². The standard InChI is InChI=1S/C35H47O9P/c1-3-5-22-41-45(37,42-23-6-4-2)44-35-32(36)34(40-26-30-20-14-9-15-21-30)33(39-25-29-18-12-8-13-19-29)31(43-35)27-38-24-28-16-10-7-11-17-28/h7-21,31-36H,3-6,22-27H2,1-2H3/t31-,32-,33-,34-,35+/m1/s1. The fourth-order valence-corrected chi connectivity index (χ4v) is 6.11. The minimum absolute atomic E-state index is 0.101. The van der Waals surface area contributed by atoms with Crippen LogP contribution in [-0.2, 0) is 56.9 Å². The summed E-state index contributed by atoms with van der Waals surface area (Å²) in [7, 11) is -4.09. The molecule has 246 valence electrons. The van der Waals surface area contributed by atoms with E-state index in [2.05, 4.69) is 0 Å². The third-order valence-electron chi connectivity index (χ3n) is 7.31. The molecule has 3 aromatic carbocycles. The number of phosphoric acid groups is 1. The average molecular weight is 643 g/mol. The van der Waals surface area contributed by atoms with Crippen molar-refractivity contribution >= 4 is 7.82 Å². The Labute approximate surface area is 267 Å². The molecule has 1 saturated heterocycles. The van der Waals surface area contributed by atoms with Crippen LogP contribution in [0.1, 0.15) is 56.2 Å². The number of rotatable bonds is 20. The van der Waals surface area contributed by atoms with Gasteiger partial charge >= 0.3 is 7.82 Å². The number of hydrogen-bond donors (Lipinski definition) is 1. The molecule has 45 heavy (non-hydrogen) atoms. The third kappa shape index (κ3) is 11.7. The van der Waals surface area contributed by atoms with Crippen LogP contribution in [0.5, 0.6) is 0 Å². The van der Waals surface area contributed by atoms with Crippen molar-refractivity contribution < 1.29 is 42.2 Å². The van der Waals surface area contributed by atoms with Gasteiger partial charge in [-0.15, -0.1) is 0 Å². The molecule has 0 spiro atoms. The molecule has 0 unspecified atom stereocenters. The summed E-state index contributed by atoms with van der Waals surface area (Å²) in [6, 6.07) is 29.2. The second-order valence-corrected chi connectivity index (χ2v) is 12.6. The van der Waals surface area contributed by atoms with E-state index < -0.39 is 38.5 Å². The maximum atomic E-state index is 13.8. The van der Waals surface area contributed by atoms with Crippen molar-refractivity contribution in [3.05, 3.63) is 108 Å². The summed E-state index contributed by atoms with van der Waals surface area (Å²) in [4.78, 5) is 0. The average Bonchev–Trinajstić information content (AvgIpc) is 3.06. The lowest BCUT2D eigenvalue weighted by molar-refractivity contribution is -0.302. The van der Waals surface area contributed by atoms with Crippen molar-refractivity contribution in [3.8, 4) is 0 Å². The fraction of sp³-hybridized carbons (Fsp3) is 0.486. The number of ether oxygens (including phenoxy) is 4. The molecule has 1 aliphatic rings. The summed E-state index contributed by atoms with van der Waals surface area (Å²) in [5.41, 5.74) is 2.87. The lowest BCUT2D eigenvalue weighted by Gasteiger charge is -2.44. The summed E-state index contributed by atoms with van der Waals surface area (Å²) in [6.45, 7) is 5.28. The van der Waals surface area contributed by atoms with Crippen LogP contribution in [0.25, 0.3) is 0 Å². The number of aliphatic hydroxyl groups is 1. The number of benzene rings is 3. The second kappa shape index (κ2) is 19.3. The summed E-state index contributed by atoms with van der Waals surface area (Å²) < 4.78 is 56.2. The zero-order valence-corrected chi connectivity index (χ0v) is 27.2. The van der Waals surface area contributed by atoms with E-state index >= 15 is 0 Å². The Balaban J connectivity index is 1.58. The minimum atomic E-state index is -4.09. The van der Waals surface area contributed by atoms with E-state index in [1.807, 2.05) is 105 Å². The van der Waals surface area contributed by atoms with Gasteiger partial charge in [-0.25, -0.2) is 4.57 Å². The van der Waals surface area contributed by atoms with Crippen LogP contribution in [0.2, 0.25) is 0 Å². The molecule has 1 aliphatic heterocycles. The second-order valence-electron chi connectivity index (χ2n) is 11.0. The van der Waals surface area contributed by atoms with Crippen LogP contribution in [0.3, 0.4) is 0 Å². The summed E-state index contributed by atoms with van der Waals surface area (Å²) in [5.74, 6) is 0. The van der Waals surface area contributed by atoms with Gasteiger partial charge in [0.05, 0.1) is 39.6 Å². The van der Waals surface area contributed by atoms with E-state index in [4.69, 9.17) is 32.5 Å². The first kappa shape index (κ1) is 35.4. The minimum Gasteiger partial charge on any atom is -0.385 e. The van der Waals surface area contributed by atoms with E-state index in [9.17, 15) is 9.67 Å². The molecule has 0 aliphatic carbocycles. The Morgan fingerprint density at radius 3 is 1.64 bits per heavy atom. The fourth-order valence-electron chi connectivity index (χ4n) is 4.78. The van der Waals surface area contributed by atoms with E-state index in [1.54, 1.807) is 0 Å². The highest BCUT2D eigenvalue weighted by Gasteiger charge is 2.50. The van der Waals surface area contributed by atoms with Crippen molar-refractivity contribution in [2.24, 2.45) is 0 Å². The van der Waals surface area contributed by atoms with Gasteiger partial charge in [-0.1, -0.05) is 118 Å². The highest BCUT2D eigenvalue weighted by atomic mass is 31.2. The Morgan fingerprint density at radius 1 is 0.689 bits per heavy atom. The molecule has 0 amide bonds. The predicted octanol–water partition coefficient (Wildman–Crippen LogP) is 7.22. The van der Waals surface area contributed by atoms with Gasteiger partial charge in [0.25, 0.3) is 0 Å². The number of unbranched alkanes of at least 4 members (excludes halogenated alkanes) is 2. The quantitative estimate of drug-likeness (QED) is 0.101. The summed E-state index contributed by atoms with van der Waals surface area (Å²) >= 11 is 0. The Hall–Kier alpha value is -2.43. The molecular formula is C35H47O9P. The van der Waals surface area contributed by atoms with E-state index in [0.29, 0.717) is 19.4 Å². The molecule has 1 N–H and O–H groups in total. The zero-order valence-electron chi connectivity index (χ0n) is 26.3. The van der Waals surface area contributed by atoms with E-state index in [-0.39, 0.29) is 33.0 Å². The Morgan fingerprint density at radius 2 is 1.16 bits per heavy atom. The maximum Gasteiger partial charge on any atom is 0.477 e. The topological polar surface area (TPSA) is 102 Å². The van der Waals surface area contributed by atoms with Crippen LogP contribution in [0.15, 0.2) is 91.0 Å². The molecule has 0 saturated carbocycles. The first-order valence-corrected chi connectivity index (χ1v) is 17.3. The molecular weight excluding hydrogens is 595 g/mol. The van der Waals surface area contributed by atoms with E-state index in [0.717, 1.165) is 29.5 Å². The lowest BCUT2D eigenvalue weighted by atomic mass is 9.98. The molecule has 10 heteroatoms. The van der Waals surface area contributed by atoms with Crippen LogP contribution in [-0.4, -0.2) is 55.6 Å². The molecule has 4 rings (SSSR count). The van der Waals surface area contributed by atoms with Gasteiger partial charge in [-0.2, -0.15) is 0 Å². The van der Waals surface area contributed by atoms with Gasteiger partial charge in [-0.05, 0) is 29.5 Å².